The fraction of sp³-hybridized carbons (Fsp3) is 0.600. The van der Waals surface area contributed by atoms with Crippen molar-refractivity contribution in [3.63, 3.8) is 0 Å². The van der Waals surface area contributed by atoms with Crippen molar-refractivity contribution in [3.05, 3.63) is 29.6 Å². The Kier molecular flexibility index (Phi) is 5.95. The van der Waals surface area contributed by atoms with Gasteiger partial charge in [0.2, 0.25) is 0 Å². The van der Waals surface area contributed by atoms with Crippen LogP contribution in [-0.4, -0.2) is 55.7 Å². The minimum Gasteiger partial charge on any atom is -0.383 e. The second kappa shape index (κ2) is 7.74. The number of carbonyl (C=O) groups excluding carboxylic acids is 1. The van der Waals surface area contributed by atoms with E-state index in [0.29, 0.717) is 19.1 Å². The van der Waals surface area contributed by atoms with Gasteiger partial charge in [-0.2, -0.15) is 13.2 Å². The second-order valence-corrected chi connectivity index (χ2v) is 5.59. The Morgan fingerprint density at radius 2 is 2.26 bits per heavy atom. The van der Waals surface area contributed by atoms with Crippen molar-refractivity contribution < 1.29 is 22.7 Å². The predicted molar refractivity (Wildman–Crippen MR) is 78.0 cm³/mol. The molecule has 0 unspecified atom stereocenters. The Hall–Kier alpha value is -1.67. The molecule has 0 saturated carbocycles. The first kappa shape index (κ1) is 17.7. The van der Waals surface area contributed by atoms with Gasteiger partial charge < -0.3 is 15.0 Å². The third-order valence-corrected chi connectivity index (χ3v) is 3.85. The van der Waals surface area contributed by atoms with Crippen LogP contribution in [0.3, 0.4) is 0 Å². The molecule has 1 aromatic rings. The topological polar surface area (TPSA) is 54.5 Å². The fourth-order valence-corrected chi connectivity index (χ4v) is 2.54. The first-order valence-electron chi connectivity index (χ1n) is 7.43. The van der Waals surface area contributed by atoms with Crippen molar-refractivity contribution in [2.24, 2.45) is 5.92 Å². The summed E-state index contributed by atoms with van der Waals surface area (Å²) >= 11 is 0. The number of pyridine rings is 1. The Morgan fingerprint density at radius 1 is 1.48 bits per heavy atom. The van der Waals surface area contributed by atoms with Crippen LogP contribution in [0.1, 0.15) is 22.5 Å². The molecule has 1 aromatic heterocycles. The van der Waals surface area contributed by atoms with Crippen molar-refractivity contribution in [1.29, 1.82) is 0 Å². The van der Waals surface area contributed by atoms with E-state index in [1.807, 2.05) is 0 Å². The van der Waals surface area contributed by atoms with Crippen molar-refractivity contribution in [2.75, 3.05) is 39.9 Å². The van der Waals surface area contributed by atoms with Gasteiger partial charge in [-0.3, -0.25) is 9.78 Å². The van der Waals surface area contributed by atoms with Gasteiger partial charge in [0.25, 0.3) is 5.91 Å². The number of hydrogen-bond acceptors (Lipinski definition) is 4. The number of likely N-dealkylation sites (tertiary alicyclic amines) is 1. The quantitative estimate of drug-likeness (QED) is 0.864. The van der Waals surface area contributed by atoms with Crippen LogP contribution >= 0.6 is 0 Å². The van der Waals surface area contributed by atoms with Crippen molar-refractivity contribution in [1.82, 2.24) is 15.2 Å². The lowest BCUT2D eigenvalue weighted by Gasteiger charge is -2.15. The van der Waals surface area contributed by atoms with Crippen LogP contribution in [-0.2, 0) is 10.9 Å². The van der Waals surface area contributed by atoms with Gasteiger partial charge in [0, 0.05) is 32.9 Å². The first-order chi connectivity index (χ1) is 10.9. The molecule has 0 bridgehead atoms. The SMILES string of the molecule is COCCN1CC[C@@H](CNC(=O)c2ccc(C(F)(F)F)nc2)C1. The monoisotopic (exact) mass is 331 g/mol. The predicted octanol–water partition coefficient (Wildman–Crippen LogP) is 1.80. The van der Waals surface area contributed by atoms with Crippen molar-refractivity contribution in [2.45, 2.75) is 12.6 Å². The van der Waals surface area contributed by atoms with Gasteiger partial charge in [-0.15, -0.1) is 0 Å². The summed E-state index contributed by atoms with van der Waals surface area (Å²) in [5, 5.41) is 2.76. The average molecular weight is 331 g/mol. The molecule has 5 nitrogen and oxygen atoms in total. The molecule has 0 spiro atoms. The highest BCUT2D eigenvalue weighted by atomic mass is 19.4. The van der Waals surface area contributed by atoms with E-state index in [4.69, 9.17) is 4.74 Å². The van der Waals surface area contributed by atoms with E-state index in [1.165, 1.54) is 0 Å². The number of amides is 1. The standard InChI is InChI=1S/C15H20F3N3O2/c1-23-7-6-21-5-4-11(10-21)8-20-14(22)12-2-3-13(19-9-12)15(16,17)18/h2-3,9,11H,4-8,10H2,1H3,(H,20,22)/t11-/m0/s1. The summed E-state index contributed by atoms with van der Waals surface area (Å²) in [6, 6.07) is 1.96. The van der Waals surface area contributed by atoms with Gasteiger partial charge in [0.1, 0.15) is 5.69 Å². The maximum atomic E-state index is 12.4. The highest BCUT2D eigenvalue weighted by molar-refractivity contribution is 5.93. The molecule has 128 valence electrons. The van der Waals surface area contributed by atoms with E-state index in [2.05, 4.69) is 15.2 Å². The van der Waals surface area contributed by atoms with Crippen LogP contribution in [0.15, 0.2) is 18.3 Å². The lowest BCUT2D eigenvalue weighted by molar-refractivity contribution is -0.141. The van der Waals surface area contributed by atoms with Crippen LogP contribution in [0.4, 0.5) is 13.2 Å². The Bertz CT molecular complexity index is 520. The smallest absolute Gasteiger partial charge is 0.383 e. The molecule has 1 amide bonds. The lowest BCUT2D eigenvalue weighted by Crippen LogP contribution is -2.31. The number of aromatic nitrogens is 1. The van der Waals surface area contributed by atoms with Gasteiger partial charge in [-0.25, -0.2) is 0 Å². The molecular formula is C15H20F3N3O2. The third-order valence-electron chi connectivity index (χ3n) is 3.85. The van der Waals surface area contributed by atoms with Crippen LogP contribution in [0.5, 0.6) is 0 Å². The summed E-state index contributed by atoms with van der Waals surface area (Å²) in [7, 11) is 1.66. The molecule has 23 heavy (non-hydrogen) atoms. The van der Waals surface area contributed by atoms with Gasteiger partial charge in [0.15, 0.2) is 0 Å². The molecular weight excluding hydrogens is 311 g/mol. The minimum absolute atomic E-state index is 0.132. The number of carbonyl (C=O) groups is 1. The maximum absolute atomic E-state index is 12.4. The van der Waals surface area contributed by atoms with E-state index < -0.39 is 17.8 Å². The fourth-order valence-electron chi connectivity index (χ4n) is 2.54. The van der Waals surface area contributed by atoms with Crippen LogP contribution in [0, 0.1) is 5.92 Å². The Labute approximate surface area is 132 Å². The summed E-state index contributed by atoms with van der Waals surface area (Å²) in [6.07, 6.45) is -2.56. The molecule has 1 N–H and O–H groups in total. The molecule has 1 aliphatic rings. The van der Waals surface area contributed by atoms with Gasteiger partial charge in [-0.05, 0) is 31.0 Å². The van der Waals surface area contributed by atoms with E-state index >= 15 is 0 Å². The third kappa shape index (κ3) is 5.18. The number of nitrogens with zero attached hydrogens (tertiary/aromatic N) is 2. The molecule has 1 atom stereocenters. The number of rotatable bonds is 6. The molecule has 2 heterocycles. The molecule has 1 fully saturated rings. The number of ether oxygens (including phenoxy) is 1. The van der Waals surface area contributed by atoms with E-state index in [1.54, 1.807) is 7.11 Å². The maximum Gasteiger partial charge on any atom is 0.433 e. The van der Waals surface area contributed by atoms with Gasteiger partial charge >= 0.3 is 6.18 Å². The summed E-state index contributed by atoms with van der Waals surface area (Å²) in [6.45, 7) is 3.89. The second-order valence-electron chi connectivity index (χ2n) is 5.59. The Morgan fingerprint density at radius 3 is 2.87 bits per heavy atom. The molecule has 0 radical (unpaired) electrons. The summed E-state index contributed by atoms with van der Waals surface area (Å²) in [4.78, 5) is 17.5. The van der Waals surface area contributed by atoms with E-state index in [-0.39, 0.29) is 5.56 Å². The number of halogens is 3. The van der Waals surface area contributed by atoms with Crippen LogP contribution in [0.25, 0.3) is 0 Å². The summed E-state index contributed by atoms with van der Waals surface area (Å²) in [5.74, 6) is -0.0558. The highest BCUT2D eigenvalue weighted by Gasteiger charge is 2.32. The zero-order valence-electron chi connectivity index (χ0n) is 12.9. The Balaban J connectivity index is 1.79. The van der Waals surface area contributed by atoms with Crippen LogP contribution in [0.2, 0.25) is 0 Å². The number of nitrogens with one attached hydrogen (secondary N) is 1. The zero-order chi connectivity index (χ0) is 16.9. The summed E-state index contributed by atoms with van der Waals surface area (Å²) in [5.41, 5.74) is -0.870. The summed E-state index contributed by atoms with van der Waals surface area (Å²) < 4.78 is 42.3. The van der Waals surface area contributed by atoms with E-state index in [9.17, 15) is 18.0 Å². The lowest BCUT2D eigenvalue weighted by atomic mass is 10.1. The highest BCUT2D eigenvalue weighted by Crippen LogP contribution is 2.27. The van der Waals surface area contributed by atoms with E-state index in [0.717, 1.165) is 44.4 Å². The molecule has 0 aliphatic carbocycles. The first-order valence-corrected chi connectivity index (χ1v) is 7.43. The normalized spacial score (nSPS) is 19.0. The molecule has 0 aromatic carbocycles. The molecule has 1 aliphatic heterocycles. The molecule has 8 heteroatoms. The zero-order valence-corrected chi connectivity index (χ0v) is 12.9. The minimum atomic E-state index is -4.50. The molecule has 2 rings (SSSR count). The van der Waals surface area contributed by atoms with Crippen molar-refractivity contribution in [3.8, 4) is 0 Å². The number of hydrogen-bond donors (Lipinski definition) is 1. The van der Waals surface area contributed by atoms with Gasteiger partial charge in [-0.1, -0.05) is 0 Å². The molecule has 1 saturated heterocycles. The van der Waals surface area contributed by atoms with Crippen LogP contribution < -0.4 is 5.32 Å². The van der Waals surface area contributed by atoms with Crippen molar-refractivity contribution >= 4 is 5.91 Å². The number of alkyl halides is 3. The number of methoxy groups -OCH3 is 1. The average Bonchev–Trinajstić information content (AvgIpc) is 2.98. The van der Waals surface area contributed by atoms with Gasteiger partial charge in [0.05, 0.1) is 12.2 Å². The largest absolute Gasteiger partial charge is 0.433 e.